The Bertz CT molecular complexity index is 1100. The molecule has 0 atom stereocenters. The molecule has 0 saturated heterocycles. The highest BCUT2D eigenvalue weighted by atomic mass is 32.2. The minimum absolute atomic E-state index is 0.107. The van der Waals surface area contributed by atoms with E-state index < -0.39 is 15.9 Å². The summed E-state index contributed by atoms with van der Waals surface area (Å²) in [7, 11) is -3.81. The van der Waals surface area contributed by atoms with E-state index in [0.29, 0.717) is 16.9 Å². The van der Waals surface area contributed by atoms with Crippen LogP contribution in [0.15, 0.2) is 72.0 Å². The molecule has 3 aromatic rings. The van der Waals surface area contributed by atoms with Crippen molar-refractivity contribution in [1.29, 1.82) is 0 Å². The Balaban J connectivity index is 1.93. The molecule has 0 saturated carbocycles. The Hall–Kier alpha value is -3.43. The van der Waals surface area contributed by atoms with Crippen LogP contribution in [0.3, 0.4) is 0 Å². The van der Waals surface area contributed by atoms with Crippen LogP contribution in [-0.2, 0) is 14.8 Å². The van der Waals surface area contributed by atoms with Crippen LogP contribution in [0.25, 0.3) is 17.2 Å². The van der Waals surface area contributed by atoms with E-state index in [1.165, 1.54) is 36.1 Å². The van der Waals surface area contributed by atoms with Crippen molar-refractivity contribution < 1.29 is 18.4 Å². The van der Waals surface area contributed by atoms with E-state index in [2.05, 4.69) is 4.98 Å². The molecule has 27 heavy (non-hydrogen) atoms. The fourth-order valence-electron chi connectivity index (χ4n) is 2.38. The first-order chi connectivity index (χ1) is 12.9. The molecule has 0 unspecified atom stereocenters. The van der Waals surface area contributed by atoms with Crippen molar-refractivity contribution in [2.45, 2.75) is 4.90 Å². The predicted molar refractivity (Wildman–Crippen MR) is 100 cm³/mol. The topological polar surface area (TPSA) is 127 Å². The molecule has 3 rings (SSSR count). The van der Waals surface area contributed by atoms with E-state index in [9.17, 15) is 13.2 Å². The number of hydrogen-bond donors (Lipinski definition) is 3. The summed E-state index contributed by atoms with van der Waals surface area (Å²) >= 11 is 0. The second kappa shape index (κ2) is 7.44. The van der Waals surface area contributed by atoms with Crippen LogP contribution >= 0.6 is 0 Å². The number of nitrogens with two attached hydrogens (primary N) is 1. The fraction of sp³-hybridized carbons (Fsp3) is 0. The van der Waals surface area contributed by atoms with Gasteiger partial charge in [-0.3, -0.25) is 10.0 Å². The van der Waals surface area contributed by atoms with Crippen molar-refractivity contribution in [1.82, 2.24) is 14.4 Å². The molecule has 0 aliphatic carbocycles. The van der Waals surface area contributed by atoms with Crippen LogP contribution in [0, 0.1) is 0 Å². The molecule has 2 heterocycles. The van der Waals surface area contributed by atoms with Crippen molar-refractivity contribution in [3.8, 4) is 11.1 Å². The molecule has 0 fully saturated rings. The standard InChI is InChI=1S/C18H16N4O4S/c19-17-6-5-15(11-20-17)14-2-1-3-16(10-14)27(25,26)22-9-8-13(12-22)4-7-18(23)21-24/h1-12,24H,(H2,19,20)(H,21,23)/b7-4+. The number of hydrogen-bond acceptors (Lipinski definition) is 6. The van der Waals surface area contributed by atoms with Gasteiger partial charge in [0.25, 0.3) is 15.9 Å². The maximum absolute atomic E-state index is 12.9. The first kappa shape index (κ1) is 18.4. The molecule has 8 nitrogen and oxygen atoms in total. The van der Waals surface area contributed by atoms with Gasteiger partial charge in [0.15, 0.2) is 0 Å². The summed E-state index contributed by atoms with van der Waals surface area (Å²) in [6.45, 7) is 0. The molecule has 0 radical (unpaired) electrons. The monoisotopic (exact) mass is 384 g/mol. The van der Waals surface area contributed by atoms with Crippen molar-refractivity contribution in [2.24, 2.45) is 0 Å². The minimum atomic E-state index is -3.81. The van der Waals surface area contributed by atoms with Gasteiger partial charge in [-0.25, -0.2) is 22.9 Å². The Morgan fingerprint density at radius 3 is 2.70 bits per heavy atom. The molecular weight excluding hydrogens is 368 g/mol. The van der Waals surface area contributed by atoms with E-state index in [4.69, 9.17) is 10.9 Å². The number of anilines is 1. The van der Waals surface area contributed by atoms with Crippen LogP contribution in [-0.4, -0.2) is 28.5 Å². The van der Waals surface area contributed by atoms with E-state index in [1.807, 2.05) is 0 Å². The van der Waals surface area contributed by atoms with E-state index in [1.54, 1.807) is 36.5 Å². The number of carbonyl (C=O) groups excluding carboxylic acids is 1. The Labute approximate surface area is 155 Å². The Morgan fingerprint density at radius 1 is 1.19 bits per heavy atom. The molecule has 0 aliphatic heterocycles. The smallest absolute Gasteiger partial charge is 0.267 e. The SMILES string of the molecule is Nc1ccc(-c2cccc(S(=O)(=O)n3ccc(/C=C/C(=O)NO)c3)c2)cn1. The number of carbonyl (C=O) groups is 1. The van der Waals surface area contributed by atoms with Crippen LogP contribution in [0.2, 0.25) is 0 Å². The van der Waals surface area contributed by atoms with Gasteiger partial charge in [-0.1, -0.05) is 12.1 Å². The average molecular weight is 384 g/mol. The summed E-state index contributed by atoms with van der Waals surface area (Å²) in [5.41, 5.74) is 8.96. The van der Waals surface area contributed by atoms with Gasteiger partial charge in [0, 0.05) is 30.2 Å². The summed E-state index contributed by atoms with van der Waals surface area (Å²) < 4.78 is 26.8. The number of pyridine rings is 1. The lowest BCUT2D eigenvalue weighted by Gasteiger charge is -2.08. The molecular formula is C18H16N4O4S. The second-order valence-electron chi connectivity index (χ2n) is 5.59. The van der Waals surface area contributed by atoms with Gasteiger partial charge < -0.3 is 5.73 Å². The number of nitrogens with one attached hydrogen (secondary N) is 1. The van der Waals surface area contributed by atoms with E-state index >= 15 is 0 Å². The van der Waals surface area contributed by atoms with Gasteiger partial charge in [-0.05, 0) is 47.5 Å². The number of rotatable bonds is 5. The second-order valence-corrected chi connectivity index (χ2v) is 7.43. The lowest BCUT2D eigenvalue weighted by atomic mass is 10.1. The summed E-state index contributed by atoms with van der Waals surface area (Å²) in [6.07, 6.45) is 6.79. The third-order valence-electron chi connectivity index (χ3n) is 3.76. The summed E-state index contributed by atoms with van der Waals surface area (Å²) in [5, 5.41) is 8.47. The molecule has 0 spiro atoms. The minimum Gasteiger partial charge on any atom is -0.384 e. The number of aromatic nitrogens is 2. The number of benzene rings is 1. The van der Waals surface area contributed by atoms with Crippen molar-refractivity contribution in [3.63, 3.8) is 0 Å². The molecule has 0 aliphatic rings. The molecule has 1 amide bonds. The first-order valence-electron chi connectivity index (χ1n) is 7.78. The van der Waals surface area contributed by atoms with Crippen LogP contribution in [0.4, 0.5) is 5.82 Å². The van der Waals surface area contributed by atoms with E-state index in [-0.39, 0.29) is 4.90 Å². The summed E-state index contributed by atoms with van der Waals surface area (Å²) in [5.74, 6) is -0.333. The van der Waals surface area contributed by atoms with Gasteiger partial charge >= 0.3 is 0 Å². The molecule has 0 bridgehead atoms. The third-order valence-corrected chi connectivity index (χ3v) is 5.39. The van der Waals surface area contributed by atoms with Gasteiger partial charge in [0.1, 0.15) is 5.82 Å². The normalized spacial score (nSPS) is 11.6. The highest BCUT2D eigenvalue weighted by Gasteiger charge is 2.17. The predicted octanol–water partition coefficient (Wildman–Crippen LogP) is 1.89. The highest BCUT2D eigenvalue weighted by molar-refractivity contribution is 7.90. The number of nitrogen functional groups attached to an aromatic ring is 1. The molecule has 1 aromatic carbocycles. The number of nitrogens with zero attached hydrogens (tertiary/aromatic N) is 2. The van der Waals surface area contributed by atoms with Gasteiger partial charge in [0.05, 0.1) is 4.90 Å². The average Bonchev–Trinajstić information content (AvgIpc) is 3.16. The molecule has 138 valence electrons. The van der Waals surface area contributed by atoms with Crippen LogP contribution in [0.5, 0.6) is 0 Å². The van der Waals surface area contributed by atoms with Crippen molar-refractivity contribution in [2.75, 3.05) is 5.73 Å². The van der Waals surface area contributed by atoms with Gasteiger partial charge in [-0.2, -0.15) is 0 Å². The van der Waals surface area contributed by atoms with Gasteiger partial charge in [-0.15, -0.1) is 0 Å². The lowest BCUT2D eigenvalue weighted by molar-refractivity contribution is -0.124. The summed E-state index contributed by atoms with van der Waals surface area (Å²) in [6, 6.07) is 11.4. The zero-order valence-electron chi connectivity index (χ0n) is 14.0. The fourth-order valence-corrected chi connectivity index (χ4v) is 3.64. The maximum Gasteiger partial charge on any atom is 0.267 e. The highest BCUT2D eigenvalue weighted by Crippen LogP contribution is 2.24. The van der Waals surface area contributed by atoms with Crippen molar-refractivity contribution in [3.05, 3.63) is 72.7 Å². The Morgan fingerprint density at radius 2 is 2.00 bits per heavy atom. The lowest BCUT2D eigenvalue weighted by Crippen LogP contribution is -2.14. The van der Waals surface area contributed by atoms with Crippen LogP contribution in [0.1, 0.15) is 5.56 Å². The molecule has 9 heteroatoms. The molecule has 4 N–H and O–H groups in total. The zero-order chi connectivity index (χ0) is 19.4. The summed E-state index contributed by atoms with van der Waals surface area (Å²) in [4.78, 5) is 15.1. The zero-order valence-corrected chi connectivity index (χ0v) is 14.8. The largest absolute Gasteiger partial charge is 0.384 e. The molecule has 2 aromatic heterocycles. The van der Waals surface area contributed by atoms with Gasteiger partial charge in [0.2, 0.25) is 0 Å². The van der Waals surface area contributed by atoms with Crippen molar-refractivity contribution >= 4 is 27.8 Å². The maximum atomic E-state index is 12.9. The third kappa shape index (κ3) is 4.05. The first-order valence-corrected chi connectivity index (χ1v) is 9.22. The Kier molecular flexibility index (Phi) is 5.06. The van der Waals surface area contributed by atoms with E-state index in [0.717, 1.165) is 15.6 Å². The van der Waals surface area contributed by atoms with Crippen LogP contribution < -0.4 is 11.2 Å². The quantitative estimate of drug-likeness (QED) is 0.350. The number of amides is 1. The number of hydroxylamine groups is 1.